The molecule has 0 aromatic heterocycles. The van der Waals surface area contributed by atoms with E-state index in [1.165, 1.54) is 64.2 Å². The second kappa shape index (κ2) is 15.9. The third-order valence-corrected chi connectivity index (χ3v) is 6.88. The van der Waals surface area contributed by atoms with Crippen molar-refractivity contribution in [3.8, 4) is 0 Å². The molecule has 0 aliphatic heterocycles. The average molecular weight is 474 g/mol. The van der Waals surface area contributed by atoms with E-state index in [1.54, 1.807) is 12.1 Å². The molecule has 30 heavy (non-hydrogen) atoms. The Bertz CT molecular complexity index is 800. The summed E-state index contributed by atoms with van der Waals surface area (Å²) in [7, 11) is -3.70. The smallest absolute Gasteiger partial charge is 0.266 e. The summed E-state index contributed by atoms with van der Waals surface area (Å²) in [5.41, 5.74) is 0. The van der Waals surface area contributed by atoms with Gasteiger partial charge in [-0.25, -0.2) is 0 Å². The normalized spacial score (nSPS) is 11.5. The molecule has 0 saturated heterocycles. The van der Waals surface area contributed by atoms with Gasteiger partial charge in [0.15, 0.2) is 0 Å². The summed E-state index contributed by atoms with van der Waals surface area (Å²) < 4.78 is 30.4. The van der Waals surface area contributed by atoms with Crippen LogP contribution in [0.25, 0.3) is 10.8 Å². The Balaban J connectivity index is 0.00000450. The molecule has 2 aromatic carbocycles. The molecule has 170 valence electrons. The molecule has 0 unspecified atom stereocenters. The number of benzene rings is 2. The Kier molecular flexibility index (Phi) is 14.4. The maximum atomic E-state index is 12.5. The summed E-state index contributed by atoms with van der Waals surface area (Å²) in [4.78, 5) is 0.269. The fourth-order valence-electron chi connectivity index (χ4n) is 3.77. The molecule has 0 aliphatic carbocycles. The Morgan fingerprint density at radius 3 is 1.77 bits per heavy atom. The van der Waals surface area contributed by atoms with E-state index in [-0.39, 0.29) is 28.6 Å². The van der Waals surface area contributed by atoms with Gasteiger partial charge in [0.25, 0.3) is 10.1 Å². The zero-order valence-corrected chi connectivity index (χ0v) is 20.3. The van der Waals surface area contributed by atoms with E-state index in [1.807, 2.05) is 30.3 Å². The molecule has 2 aromatic rings. The standard InChI is InChI=1S/C25H38O3S.Fe/c1-2-3-4-5-6-7-8-9-10-11-12-13-16-22-28-29(26,27)25-21-17-19-23-18-14-15-20-24(23)25;/h14-15,17-21H,2-13,16,22H2,1H3;. The molecule has 0 radical (unpaired) electrons. The fraction of sp³-hybridized carbons (Fsp3) is 0.600. The summed E-state index contributed by atoms with van der Waals surface area (Å²) in [6, 6.07) is 12.8. The van der Waals surface area contributed by atoms with Crippen LogP contribution in [0.2, 0.25) is 0 Å². The average Bonchev–Trinajstić information content (AvgIpc) is 2.73. The van der Waals surface area contributed by atoms with Gasteiger partial charge in [-0.05, 0) is 17.9 Å². The predicted molar refractivity (Wildman–Crippen MR) is 123 cm³/mol. The van der Waals surface area contributed by atoms with Crippen LogP contribution in [0.5, 0.6) is 0 Å². The Labute approximate surface area is 194 Å². The molecular weight excluding hydrogens is 436 g/mol. The van der Waals surface area contributed by atoms with Gasteiger partial charge < -0.3 is 0 Å². The number of unbranched alkanes of at least 4 members (excludes halogenated alkanes) is 12. The molecule has 0 saturated carbocycles. The molecule has 5 heteroatoms. The third kappa shape index (κ3) is 9.96. The second-order valence-corrected chi connectivity index (χ2v) is 9.58. The van der Waals surface area contributed by atoms with Gasteiger partial charge in [-0.2, -0.15) is 8.42 Å². The zero-order valence-electron chi connectivity index (χ0n) is 18.4. The van der Waals surface area contributed by atoms with Gasteiger partial charge in [0.1, 0.15) is 4.90 Å². The van der Waals surface area contributed by atoms with Crippen LogP contribution in [-0.2, 0) is 31.4 Å². The minimum atomic E-state index is -3.70. The van der Waals surface area contributed by atoms with E-state index in [4.69, 9.17) is 4.18 Å². The first-order valence-electron chi connectivity index (χ1n) is 11.5. The van der Waals surface area contributed by atoms with Crippen molar-refractivity contribution in [2.75, 3.05) is 6.61 Å². The summed E-state index contributed by atoms with van der Waals surface area (Å²) in [5, 5.41) is 1.64. The molecule has 0 amide bonds. The summed E-state index contributed by atoms with van der Waals surface area (Å²) in [6.45, 7) is 2.53. The minimum absolute atomic E-state index is 0. The zero-order chi connectivity index (χ0) is 20.8. The molecular formula is C25H38FeO3S. The molecule has 2 rings (SSSR count). The first-order valence-corrected chi connectivity index (χ1v) is 12.9. The van der Waals surface area contributed by atoms with Gasteiger partial charge in [0.05, 0.1) is 6.61 Å². The Hall–Kier alpha value is -0.871. The van der Waals surface area contributed by atoms with E-state index in [2.05, 4.69) is 6.92 Å². The quantitative estimate of drug-likeness (QED) is 0.143. The van der Waals surface area contributed by atoms with Crippen LogP contribution >= 0.6 is 0 Å². The van der Waals surface area contributed by atoms with Gasteiger partial charge in [0, 0.05) is 22.5 Å². The second-order valence-electron chi connectivity index (χ2n) is 8.00. The summed E-state index contributed by atoms with van der Waals surface area (Å²) >= 11 is 0. The van der Waals surface area contributed by atoms with Crippen molar-refractivity contribution < 1.29 is 29.7 Å². The van der Waals surface area contributed by atoms with E-state index in [0.29, 0.717) is 0 Å². The number of hydrogen-bond donors (Lipinski definition) is 0. The number of hydrogen-bond acceptors (Lipinski definition) is 3. The molecule has 0 heterocycles. The van der Waals surface area contributed by atoms with E-state index in [9.17, 15) is 8.42 Å². The van der Waals surface area contributed by atoms with Crippen LogP contribution in [0.15, 0.2) is 47.4 Å². The predicted octanol–water partition coefficient (Wildman–Crippen LogP) is 7.63. The molecule has 0 spiro atoms. The molecule has 0 aliphatic rings. The Morgan fingerprint density at radius 1 is 0.667 bits per heavy atom. The number of rotatable bonds is 16. The number of fused-ring (bicyclic) bond motifs is 1. The molecule has 0 N–H and O–H groups in total. The molecule has 0 bridgehead atoms. The van der Waals surface area contributed by atoms with Gasteiger partial charge in [-0.3, -0.25) is 4.18 Å². The van der Waals surface area contributed by atoms with Gasteiger partial charge in [-0.1, -0.05) is 120 Å². The summed E-state index contributed by atoms with van der Waals surface area (Å²) in [5.74, 6) is 0. The van der Waals surface area contributed by atoms with Gasteiger partial charge in [-0.15, -0.1) is 0 Å². The minimum Gasteiger partial charge on any atom is -0.266 e. The van der Waals surface area contributed by atoms with Gasteiger partial charge >= 0.3 is 0 Å². The van der Waals surface area contributed by atoms with Crippen molar-refractivity contribution in [3.63, 3.8) is 0 Å². The van der Waals surface area contributed by atoms with Crippen LogP contribution in [-0.4, -0.2) is 15.0 Å². The van der Waals surface area contributed by atoms with Gasteiger partial charge in [0.2, 0.25) is 0 Å². The molecule has 3 nitrogen and oxygen atoms in total. The first kappa shape index (κ1) is 27.2. The van der Waals surface area contributed by atoms with Crippen molar-refractivity contribution in [1.82, 2.24) is 0 Å². The first-order chi connectivity index (χ1) is 14.1. The fourth-order valence-corrected chi connectivity index (χ4v) is 4.93. The van der Waals surface area contributed by atoms with Crippen LogP contribution in [0.3, 0.4) is 0 Å². The SMILES string of the molecule is CCCCCCCCCCCCCCCOS(=O)(=O)c1cccc2ccccc12.[Fe]. The molecule has 0 atom stereocenters. The Morgan fingerprint density at radius 2 is 1.17 bits per heavy atom. The van der Waals surface area contributed by atoms with Crippen molar-refractivity contribution in [1.29, 1.82) is 0 Å². The van der Waals surface area contributed by atoms with E-state index < -0.39 is 10.1 Å². The van der Waals surface area contributed by atoms with E-state index in [0.717, 1.165) is 30.0 Å². The van der Waals surface area contributed by atoms with Crippen molar-refractivity contribution in [2.45, 2.75) is 95.3 Å². The topological polar surface area (TPSA) is 43.4 Å². The van der Waals surface area contributed by atoms with Crippen LogP contribution in [0.1, 0.15) is 90.4 Å². The largest absolute Gasteiger partial charge is 0.297 e. The van der Waals surface area contributed by atoms with Crippen LogP contribution in [0.4, 0.5) is 0 Å². The van der Waals surface area contributed by atoms with E-state index >= 15 is 0 Å². The maximum absolute atomic E-state index is 12.5. The van der Waals surface area contributed by atoms with Crippen molar-refractivity contribution in [2.24, 2.45) is 0 Å². The van der Waals surface area contributed by atoms with Crippen LogP contribution < -0.4 is 0 Å². The summed E-state index contributed by atoms with van der Waals surface area (Å²) in [6.07, 6.45) is 16.5. The third-order valence-electron chi connectivity index (χ3n) is 5.51. The molecule has 0 fully saturated rings. The maximum Gasteiger partial charge on any atom is 0.297 e. The monoisotopic (exact) mass is 474 g/mol. The van der Waals surface area contributed by atoms with Crippen LogP contribution in [0, 0.1) is 0 Å². The van der Waals surface area contributed by atoms with Crippen molar-refractivity contribution >= 4 is 20.9 Å². The van der Waals surface area contributed by atoms with Crippen molar-refractivity contribution in [3.05, 3.63) is 42.5 Å².